The van der Waals surface area contributed by atoms with Crippen LogP contribution in [-0.2, 0) is 0 Å². The normalized spacial score (nSPS) is 21.3. The molecule has 0 fully saturated rings. The van der Waals surface area contributed by atoms with E-state index >= 15 is 0 Å². The summed E-state index contributed by atoms with van der Waals surface area (Å²) in [5.41, 5.74) is 0. The van der Waals surface area contributed by atoms with Crippen LogP contribution in [0.15, 0.2) is 0 Å². The zero-order valence-electron chi connectivity index (χ0n) is 11.8. The van der Waals surface area contributed by atoms with Crippen LogP contribution in [0.25, 0.3) is 0 Å². The van der Waals surface area contributed by atoms with E-state index in [9.17, 15) is 20.4 Å². The van der Waals surface area contributed by atoms with Crippen LogP contribution >= 0.6 is 7.26 Å². The molecule has 0 heterocycles. The fourth-order valence-electron chi connectivity index (χ4n) is 2.46. The van der Waals surface area contributed by atoms with Gasteiger partial charge in [-0.1, -0.05) is 27.7 Å². The lowest BCUT2D eigenvalue weighted by atomic mass is 10.5. The summed E-state index contributed by atoms with van der Waals surface area (Å²) in [6.45, 7) is 7.25. The van der Waals surface area contributed by atoms with Crippen molar-refractivity contribution in [3.63, 3.8) is 0 Å². The lowest BCUT2D eigenvalue weighted by Gasteiger charge is -2.40. The third-order valence-corrected chi connectivity index (χ3v) is 9.12. The monoisotopic (exact) mass is 302 g/mol. The van der Waals surface area contributed by atoms with Crippen molar-refractivity contribution in [2.45, 2.75) is 76.8 Å². The van der Waals surface area contributed by atoms with E-state index in [1.165, 1.54) is 0 Å². The van der Waals surface area contributed by atoms with Gasteiger partial charge in [-0.05, 0) is 0 Å². The van der Waals surface area contributed by atoms with Gasteiger partial charge in [0.2, 0.25) is 0 Å². The van der Waals surface area contributed by atoms with Crippen LogP contribution in [0, 0.1) is 0 Å². The molecule has 4 atom stereocenters. The summed E-state index contributed by atoms with van der Waals surface area (Å²) in [5, 5.41) is 41.0. The van der Waals surface area contributed by atoms with E-state index in [0.29, 0.717) is 25.7 Å². The average molecular weight is 303 g/mol. The molecule has 0 bridgehead atoms. The van der Waals surface area contributed by atoms with Crippen molar-refractivity contribution in [1.82, 2.24) is 0 Å². The molecular weight excluding hydrogens is 275 g/mol. The van der Waals surface area contributed by atoms with Gasteiger partial charge < -0.3 is 32.8 Å². The van der Waals surface area contributed by atoms with E-state index in [1.807, 2.05) is 27.7 Å². The van der Waals surface area contributed by atoms with Crippen molar-refractivity contribution in [1.29, 1.82) is 0 Å². The summed E-state index contributed by atoms with van der Waals surface area (Å²) in [5.74, 6) is -3.21. The SMILES string of the molecule is CCC(O)[P+](C(O)CC)(C(O)CC)C(O)CC.[Cl-]. The minimum absolute atomic E-state index is 0. The topological polar surface area (TPSA) is 80.9 Å². The predicted molar refractivity (Wildman–Crippen MR) is 72.1 cm³/mol. The van der Waals surface area contributed by atoms with Gasteiger partial charge >= 0.3 is 0 Å². The van der Waals surface area contributed by atoms with Crippen LogP contribution in [0.4, 0.5) is 0 Å². The van der Waals surface area contributed by atoms with Crippen LogP contribution in [0.5, 0.6) is 0 Å². The van der Waals surface area contributed by atoms with Crippen LogP contribution in [0.2, 0.25) is 0 Å². The summed E-state index contributed by atoms with van der Waals surface area (Å²) in [6.07, 6.45) is 1.77. The maximum absolute atomic E-state index is 10.2. The molecule has 112 valence electrons. The maximum atomic E-state index is 10.2. The zero-order chi connectivity index (χ0) is 13.6. The first kappa shape index (κ1) is 20.9. The first-order chi connectivity index (χ1) is 7.93. The molecule has 6 heteroatoms. The molecule has 0 spiro atoms. The largest absolute Gasteiger partial charge is 1.00 e. The molecule has 0 aromatic carbocycles. The van der Waals surface area contributed by atoms with E-state index in [0.717, 1.165) is 0 Å². The molecule has 0 radical (unpaired) electrons. The first-order valence-electron chi connectivity index (χ1n) is 6.53. The van der Waals surface area contributed by atoms with Crippen LogP contribution in [-0.4, -0.2) is 43.8 Å². The second kappa shape index (κ2) is 9.46. The van der Waals surface area contributed by atoms with E-state index < -0.39 is 30.6 Å². The minimum Gasteiger partial charge on any atom is -1.00 e. The molecule has 0 aromatic heterocycles. The van der Waals surface area contributed by atoms with Gasteiger partial charge in [0.25, 0.3) is 0 Å². The third kappa shape index (κ3) is 3.78. The Balaban J connectivity index is 0. The summed E-state index contributed by atoms with van der Waals surface area (Å²) < 4.78 is 0. The Hall–Kier alpha value is 0.560. The number of rotatable bonds is 8. The molecule has 0 saturated heterocycles. The van der Waals surface area contributed by atoms with Gasteiger partial charge in [0.15, 0.2) is 23.4 Å². The van der Waals surface area contributed by atoms with Crippen molar-refractivity contribution >= 4 is 7.26 Å². The van der Waals surface area contributed by atoms with Crippen LogP contribution < -0.4 is 12.4 Å². The molecule has 0 aliphatic carbocycles. The molecule has 0 rings (SSSR count). The number of aliphatic hydroxyl groups excluding tert-OH is 4. The quantitative estimate of drug-likeness (QED) is 0.430. The molecule has 4 unspecified atom stereocenters. The number of aliphatic hydroxyl groups is 4. The van der Waals surface area contributed by atoms with Crippen molar-refractivity contribution in [3.8, 4) is 0 Å². The van der Waals surface area contributed by atoms with Crippen molar-refractivity contribution in [3.05, 3.63) is 0 Å². The summed E-state index contributed by atoms with van der Waals surface area (Å²) in [7, 11) is -2.64. The highest BCUT2D eigenvalue weighted by Gasteiger charge is 2.60. The van der Waals surface area contributed by atoms with Gasteiger partial charge in [-0.15, -0.1) is 0 Å². The molecule has 0 aromatic rings. The van der Waals surface area contributed by atoms with Gasteiger partial charge in [-0.3, -0.25) is 0 Å². The smallest absolute Gasteiger partial charge is 0.171 e. The highest BCUT2D eigenvalue weighted by molar-refractivity contribution is 7.77. The summed E-state index contributed by atoms with van der Waals surface area (Å²) >= 11 is 0. The molecule has 18 heavy (non-hydrogen) atoms. The second-order valence-corrected chi connectivity index (χ2v) is 8.62. The van der Waals surface area contributed by atoms with Crippen molar-refractivity contribution in [2.75, 3.05) is 0 Å². The molecule has 0 amide bonds. The molecular formula is C12H28ClO4P. The van der Waals surface area contributed by atoms with Crippen molar-refractivity contribution < 1.29 is 32.8 Å². The minimum atomic E-state index is -2.64. The molecule has 0 aliphatic rings. The highest BCUT2D eigenvalue weighted by Crippen LogP contribution is 2.73. The van der Waals surface area contributed by atoms with Gasteiger partial charge in [-0.2, -0.15) is 0 Å². The average Bonchev–Trinajstić information content (AvgIpc) is 2.37. The summed E-state index contributed by atoms with van der Waals surface area (Å²) in [6, 6.07) is 0. The van der Waals surface area contributed by atoms with Crippen LogP contribution in [0.1, 0.15) is 53.4 Å². The van der Waals surface area contributed by atoms with Gasteiger partial charge in [0, 0.05) is 25.7 Å². The molecule has 0 saturated carbocycles. The summed E-state index contributed by atoms with van der Waals surface area (Å²) in [4.78, 5) is 0. The Labute approximate surface area is 117 Å². The number of hydrogen-bond donors (Lipinski definition) is 4. The maximum Gasteiger partial charge on any atom is 0.171 e. The Morgan fingerprint density at radius 1 is 0.611 bits per heavy atom. The van der Waals surface area contributed by atoms with E-state index in [4.69, 9.17) is 0 Å². The lowest BCUT2D eigenvalue weighted by Crippen LogP contribution is -3.00. The Morgan fingerprint density at radius 2 is 0.778 bits per heavy atom. The van der Waals surface area contributed by atoms with Crippen LogP contribution in [0.3, 0.4) is 0 Å². The molecule has 4 N–H and O–H groups in total. The van der Waals surface area contributed by atoms with Crippen molar-refractivity contribution in [2.24, 2.45) is 0 Å². The number of halogens is 1. The Morgan fingerprint density at radius 3 is 0.889 bits per heavy atom. The van der Waals surface area contributed by atoms with E-state index in [1.54, 1.807) is 0 Å². The first-order valence-corrected chi connectivity index (χ1v) is 8.59. The van der Waals surface area contributed by atoms with Gasteiger partial charge in [-0.25, -0.2) is 0 Å². The molecule has 4 nitrogen and oxygen atoms in total. The Bertz CT molecular complexity index is 173. The van der Waals surface area contributed by atoms with E-state index in [-0.39, 0.29) is 12.4 Å². The Kier molecular flexibility index (Phi) is 11.0. The molecule has 0 aliphatic heterocycles. The fraction of sp³-hybridized carbons (Fsp3) is 1.00. The number of hydrogen-bond acceptors (Lipinski definition) is 4. The zero-order valence-corrected chi connectivity index (χ0v) is 13.4. The predicted octanol–water partition coefficient (Wildman–Crippen LogP) is -1.08. The second-order valence-electron chi connectivity index (χ2n) is 4.45. The standard InChI is InChI=1S/C12H28O4P.ClH/c1-5-9(13)17(10(14)6-2,11(15)7-3)12(16)8-4;/h9-16H,5-8H2,1-4H3;1H/q+1;/p-1. The lowest BCUT2D eigenvalue weighted by molar-refractivity contribution is -0.0000107. The van der Waals surface area contributed by atoms with E-state index in [2.05, 4.69) is 0 Å². The van der Waals surface area contributed by atoms with Gasteiger partial charge in [0.1, 0.15) is 7.26 Å². The highest BCUT2D eigenvalue weighted by atomic mass is 35.5. The van der Waals surface area contributed by atoms with Gasteiger partial charge in [0.05, 0.1) is 0 Å². The third-order valence-electron chi connectivity index (χ3n) is 3.53. The fourth-order valence-corrected chi connectivity index (χ4v) is 7.37.